The molecule has 0 N–H and O–H groups in total. The molecule has 0 spiro atoms. The van der Waals surface area contributed by atoms with Crippen molar-refractivity contribution in [3.8, 4) is 0 Å². The van der Waals surface area contributed by atoms with Gasteiger partial charge < -0.3 is 17.7 Å². The number of hydrogen-bond donors (Lipinski definition) is 0. The molecule has 32 heavy (non-hydrogen) atoms. The van der Waals surface area contributed by atoms with Gasteiger partial charge in [0.05, 0.1) is 29.0 Å². The van der Waals surface area contributed by atoms with Crippen LogP contribution in [-0.2, 0) is 17.7 Å². The molecule has 194 valence electrons. The average molecular weight is 559 g/mol. The second kappa shape index (κ2) is 13.6. The molecular weight excluding hydrogens is 505 g/mol. The molecule has 0 heterocycles. The van der Waals surface area contributed by atoms with E-state index in [2.05, 4.69) is 99.3 Å². The monoisotopic (exact) mass is 558 g/mol. The van der Waals surface area contributed by atoms with Crippen LogP contribution in [0.25, 0.3) is 0 Å². The Morgan fingerprint density at radius 2 is 0.812 bits per heavy atom. The fourth-order valence-corrected chi connectivity index (χ4v) is 10.9. The van der Waals surface area contributed by atoms with Crippen molar-refractivity contribution < 1.29 is 17.7 Å². The summed E-state index contributed by atoms with van der Waals surface area (Å²) < 4.78 is 27.8. The van der Waals surface area contributed by atoms with Crippen LogP contribution in [0, 0.1) is 0 Å². The van der Waals surface area contributed by atoms with E-state index in [0.717, 1.165) is 11.5 Å². The van der Waals surface area contributed by atoms with Gasteiger partial charge in [0.2, 0.25) is 0 Å². The molecular formula is C22H54O4S2Si4. The standard InChI is InChI=1S/C22H54O4S2Si4/c1-16-27-22(28-17-2)21(26-32(13,14)15)20(25-31(10,11)12)19(24-30(7,8)9)18(3)23-29(4,5)6/h18-22H,16-17H2,1-15H3/t18-,19-,20+,21+/m0/s1. The summed E-state index contributed by atoms with van der Waals surface area (Å²) in [5.74, 6) is 2.12. The molecule has 0 aromatic carbocycles. The summed E-state index contributed by atoms with van der Waals surface area (Å²) in [6.45, 7) is 33.9. The van der Waals surface area contributed by atoms with Gasteiger partial charge in [0.15, 0.2) is 33.3 Å². The molecule has 0 radical (unpaired) electrons. The molecule has 0 fully saturated rings. The van der Waals surface area contributed by atoms with Gasteiger partial charge in [0.25, 0.3) is 0 Å². The van der Waals surface area contributed by atoms with Crippen LogP contribution >= 0.6 is 23.5 Å². The number of thioether (sulfide) groups is 2. The van der Waals surface area contributed by atoms with E-state index in [1.807, 2.05) is 23.5 Å². The second-order valence-corrected chi connectivity index (χ2v) is 33.3. The first-order valence-corrected chi connectivity index (χ1v) is 27.9. The Labute approximate surface area is 213 Å². The lowest BCUT2D eigenvalue weighted by molar-refractivity contribution is -0.0688. The molecule has 10 heteroatoms. The molecule has 0 saturated heterocycles. The molecule has 0 aliphatic carbocycles. The van der Waals surface area contributed by atoms with E-state index in [0.29, 0.717) is 4.58 Å². The maximum atomic E-state index is 7.01. The van der Waals surface area contributed by atoms with Gasteiger partial charge in [-0.1, -0.05) is 13.8 Å². The smallest absolute Gasteiger partial charge is 0.184 e. The minimum absolute atomic E-state index is 0.0303. The van der Waals surface area contributed by atoms with Crippen molar-refractivity contribution in [2.24, 2.45) is 0 Å². The molecule has 0 aromatic rings. The summed E-state index contributed by atoms with van der Waals surface area (Å²) >= 11 is 3.97. The van der Waals surface area contributed by atoms with Gasteiger partial charge in [-0.15, -0.1) is 23.5 Å². The maximum Gasteiger partial charge on any atom is 0.184 e. The fourth-order valence-electron chi connectivity index (χ4n) is 3.44. The summed E-state index contributed by atoms with van der Waals surface area (Å²) in [6.07, 6.45) is -0.354. The normalized spacial score (nSPS) is 18.0. The Kier molecular flexibility index (Phi) is 14.2. The third-order valence-corrected chi connectivity index (χ3v) is 10.7. The first-order valence-electron chi connectivity index (χ1n) is 12.1. The van der Waals surface area contributed by atoms with E-state index in [4.69, 9.17) is 17.7 Å². The van der Waals surface area contributed by atoms with Gasteiger partial charge in [-0.2, -0.15) is 0 Å². The zero-order chi connectivity index (χ0) is 25.5. The summed E-state index contributed by atoms with van der Waals surface area (Å²) in [5.41, 5.74) is 0. The van der Waals surface area contributed by atoms with E-state index in [-0.39, 0.29) is 24.4 Å². The Morgan fingerprint density at radius 1 is 0.500 bits per heavy atom. The number of rotatable bonds is 16. The Balaban J connectivity index is 6.60. The third kappa shape index (κ3) is 15.4. The summed E-state index contributed by atoms with van der Waals surface area (Å²) in [6, 6.07) is 0. The van der Waals surface area contributed by atoms with E-state index >= 15 is 0 Å². The highest BCUT2D eigenvalue weighted by Gasteiger charge is 2.45. The highest BCUT2D eigenvalue weighted by atomic mass is 32.2. The first-order chi connectivity index (χ1) is 14.2. The summed E-state index contributed by atoms with van der Waals surface area (Å²) in [7, 11) is -7.33. The molecule has 0 amide bonds. The van der Waals surface area contributed by atoms with Crippen molar-refractivity contribution in [1.82, 2.24) is 0 Å². The highest BCUT2D eigenvalue weighted by Crippen LogP contribution is 2.36. The minimum atomic E-state index is -1.88. The Hall–Kier alpha value is 1.41. The molecule has 4 nitrogen and oxygen atoms in total. The predicted molar refractivity (Wildman–Crippen MR) is 159 cm³/mol. The molecule has 4 atom stereocenters. The average Bonchev–Trinajstić information content (AvgIpc) is 2.51. The Bertz CT molecular complexity index is 522. The van der Waals surface area contributed by atoms with Gasteiger partial charge >= 0.3 is 0 Å². The van der Waals surface area contributed by atoms with E-state index in [1.165, 1.54) is 0 Å². The lowest BCUT2D eigenvalue weighted by Gasteiger charge is -2.46. The van der Waals surface area contributed by atoms with Crippen molar-refractivity contribution >= 4 is 56.8 Å². The maximum absolute atomic E-state index is 7.01. The predicted octanol–water partition coefficient (Wildman–Crippen LogP) is 7.72. The molecule has 0 rings (SSSR count). The van der Waals surface area contributed by atoms with Crippen molar-refractivity contribution in [1.29, 1.82) is 0 Å². The minimum Gasteiger partial charge on any atom is -0.412 e. The van der Waals surface area contributed by atoms with Crippen molar-refractivity contribution in [3.63, 3.8) is 0 Å². The largest absolute Gasteiger partial charge is 0.412 e. The van der Waals surface area contributed by atoms with Crippen LogP contribution in [0.2, 0.25) is 78.6 Å². The van der Waals surface area contributed by atoms with Gasteiger partial charge in [0, 0.05) is 0 Å². The molecule has 0 bridgehead atoms. The van der Waals surface area contributed by atoms with E-state index in [9.17, 15) is 0 Å². The van der Waals surface area contributed by atoms with E-state index in [1.54, 1.807) is 0 Å². The second-order valence-electron chi connectivity index (χ2n) is 12.3. The lowest BCUT2D eigenvalue weighted by atomic mass is 10.1. The topological polar surface area (TPSA) is 36.9 Å². The molecule has 0 saturated carbocycles. The van der Waals surface area contributed by atoms with Crippen LogP contribution in [0.5, 0.6) is 0 Å². The molecule has 0 aliphatic heterocycles. The molecule has 0 aliphatic rings. The van der Waals surface area contributed by atoms with Crippen LogP contribution in [0.15, 0.2) is 0 Å². The van der Waals surface area contributed by atoms with Crippen molar-refractivity contribution in [3.05, 3.63) is 0 Å². The first kappa shape index (κ1) is 33.4. The van der Waals surface area contributed by atoms with Crippen LogP contribution in [0.3, 0.4) is 0 Å². The van der Waals surface area contributed by atoms with Crippen LogP contribution in [-0.4, -0.2) is 73.8 Å². The molecule has 0 unspecified atom stereocenters. The Morgan fingerprint density at radius 3 is 1.12 bits per heavy atom. The van der Waals surface area contributed by atoms with Gasteiger partial charge in [-0.25, -0.2) is 0 Å². The summed E-state index contributed by atoms with van der Waals surface area (Å²) in [5, 5.41) is 0. The zero-order valence-corrected chi connectivity index (χ0v) is 29.4. The van der Waals surface area contributed by atoms with E-state index < -0.39 is 33.3 Å². The molecule has 0 aromatic heterocycles. The zero-order valence-electron chi connectivity index (χ0n) is 23.8. The van der Waals surface area contributed by atoms with Crippen LogP contribution in [0.4, 0.5) is 0 Å². The van der Waals surface area contributed by atoms with Crippen LogP contribution < -0.4 is 0 Å². The lowest BCUT2D eigenvalue weighted by Crippen LogP contribution is -2.59. The SMILES string of the molecule is CCSC(SCC)[C@H](O[Si](C)(C)C)[C@H](O[Si](C)(C)C)[C@@H](O[Si](C)(C)C)[C@H](C)O[Si](C)(C)C. The van der Waals surface area contributed by atoms with Gasteiger partial charge in [-0.05, 0) is 97.0 Å². The summed E-state index contributed by atoms with van der Waals surface area (Å²) in [4.78, 5) is 0. The van der Waals surface area contributed by atoms with Gasteiger partial charge in [0.1, 0.15) is 0 Å². The van der Waals surface area contributed by atoms with Crippen molar-refractivity contribution in [2.75, 3.05) is 11.5 Å². The number of hydrogen-bond acceptors (Lipinski definition) is 6. The van der Waals surface area contributed by atoms with Crippen molar-refractivity contribution in [2.45, 2.75) is 128 Å². The third-order valence-electron chi connectivity index (χ3n) is 4.05. The quantitative estimate of drug-likeness (QED) is 0.143. The van der Waals surface area contributed by atoms with Gasteiger partial charge in [-0.3, -0.25) is 0 Å². The highest BCUT2D eigenvalue weighted by molar-refractivity contribution is 8.17. The fraction of sp³-hybridized carbons (Fsp3) is 1.00. The van der Waals surface area contributed by atoms with Crippen LogP contribution in [0.1, 0.15) is 20.8 Å².